The van der Waals surface area contributed by atoms with E-state index in [4.69, 9.17) is 0 Å². The second kappa shape index (κ2) is 4.94. The van der Waals surface area contributed by atoms with Crippen molar-refractivity contribution in [1.82, 2.24) is 15.1 Å². The first-order chi connectivity index (χ1) is 7.31. The van der Waals surface area contributed by atoms with Gasteiger partial charge in [0, 0.05) is 19.1 Å². The Bertz CT molecular complexity index is 226. The molecule has 0 spiro atoms. The van der Waals surface area contributed by atoms with E-state index in [9.17, 15) is 4.79 Å². The molecule has 15 heavy (non-hydrogen) atoms. The summed E-state index contributed by atoms with van der Waals surface area (Å²) in [6.07, 6.45) is 2.25. The van der Waals surface area contributed by atoms with Crippen molar-refractivity contribution in [3.63, 3.8) is 0 Å². The summed E-state index contributed by atoms with van der Waals surface area (Å²) < 4.78 is 0. The maximum absolute atomic E-state index is 11.9. The highest BCUT2D eigenvalue weighted by atomic mass is 16.2. The molecule has 2 aliphatic heterocycles. The number of nitrogens with one attached hydrogen (secondary N) is 1. The second-order valence-corrected chi connectivity index (χ2v) is 4.44. The molecule has 0 radical (unpaired) electrons. The molecule has 0 aromatic rings. The zero-order valence-corrected chi connectivity index (χ0v) is 9.54. The third kappa shape index (κ3) is 2.49. The minimum atomic E-state index is 0.329. The van der Waals surface area contributed by atoms with E-state index in [0.717, 1.165) is 45.6 Å². The smallest absolute Gasteiger partial charge is 0.237 e. The molecule has 4 nitrogen and oxygen atoms in total. The fourth-order valence-electron chi connectivity index (χ4n) is 2.51. The summed E-state index contributed by atoms with van der Waals surface area (Å²) in [6, 6.07) is 0.498. The predicted molar refractivity (Wildman–Crippen MR) is 59.7 cm³/mol. The predicted octanol–water partition coefficient (Wildman–Crippen LogP) is -0.0975. The molecule has 1 amide bonds. The molecule has 0 unspecified atom stereocenters. The van der Waals surface area contributed by atoms with Gasteiger partial charge >= 0.3 is 0 Å². The summed E-state index contributed by atoms with van der Waals surface area (Å²) in [5.74, 6) is 0.329. The monoisotopic (exact) mass is 211 g/mol. The Morgan fingerprint density at radius 3 is 2.67 bits per heavy atom. The minimum absolute atomic E-state index is 0.329. The molecule has 2 rings (SSSR count). The van der Waals surface area contributed by atoms with Crippen LogP contribution in [0.5, 0.6) is 0 Å². The fourth-order valence-corrected chi connectivity index (χ4v) is 2.51. The van der Waals surface area contributed by atoms with E-state index in [1.165, 1.54) is 0 Å². The average molecular weight is 211 g/mol. The Balaban J connectivity index is 1.90. The zero-order valence-electron chi connectivity index (χ0n) is 9.54. The van der Waals surface area contributed by atoms with E-state index in [1.54, 1.807) is 0 Å². The van der Waals surface area contributed by atoms with Gasteiger partial charge in [-0.3, -0.25) is 9.69 Å². The zero-order chi connectivity index (χ0) is 10.7. The highest BCUT2D eigenvalue weighted by molar-refractivity contribution is 5.79. The lowest BCUT2D eigenvalue weighted by Crippen LogP contribution is -2.55. The van der Waals surface area contributed by atoms with Gasteiger partial charge in [0.05, 0.1) is 6.54 Å². The van der Waals surface area contributed by atoms with Crippen LogP contribution in [0.4, 0.5) is 0 Å². The quantitative estimate of drug-likeness (QED) is 0.693. The summed E-state index contributed by atoms with van der Waals surface area (Å²) in [5.41, 5.74) is 0. The van der Waals surface area contributed by atoms with E-state index in [0.29, 0.717) is 18.5 Å². The summed E-state index contributed by atoms with van der Waals surface area (Å²) in [4.78, 5) is 16.3. The molecule has 4 heteroatoms. The number of carbonyl (C=O) groups is 1. The van der Waals surface area contributed by atoms with Crippen molar-refractivity contribution in [1.29, 1.82) is 0 Å². The van der Waals surface area contributed by atoms with Crippen LogP contribution in [-0.4, -0.2) is 61.0 Å². The third-order valence-corrected chi connectivity index (χ3v) is 3.53. The number of hydrogen-bond donors (Lipinski definition) is 1. The van der Waals surface area contributed by atoms with Crippen LogP contribution in [0.15, 0.2) is 0 Å². The van der Waals surface area contributed by atoms with Crippen LogP contribution >= 0.6 is 0 Å². The lowest BCUT2D eigenvalue weighted by atomic mass is 10.0. The molecule has 0 atom stereocenters. The standard InChI is InChI=1S/C11H21N3O/c1-2-13-7-8-14(11(15)9-13)10-3-5-12-6-4-10/h10,12H,2-9H2,1H3. The summed E-state index contributed by atoms with van der Waals surface area (Å²) in [5, 5.41) is 3.34. The van der Waals surface area contributed by atoms with Crippen molar-refractivity contribution in [2.45, 2.75) is 25.8 Å². The van der Waals surface area contributed by atoms with Gasteiger partial charge in [0.15, 0.2) is 0 Å². The highest BCUT2D eigenvalue weighted by Crippen LogP contribution is 2.15. The van der Waals surface area contributed by atoms with Crippen LogP contribution in [0.25, 0.3) is 0 Å². The molecule has 0 aromatic heterocycles. The molecule has 2 fully saturated rings. The molecule has 2 heterocycles. The average Bonchev–Trinajstić information content (AvgIpc) is 2.30. The van der Waals surface area contributed by atoms with Gasteiger partial charge < -0.3 is 10.2 Å². The summed E-state index contributed by atoms with van der Waals surface area (Å²) in [6.45, 7) is 7.83. The first-order valence-corrected chi connectivity index (χ1v) is 6.04. The van der Waals surface area contributed by atoms with Gasteiger partial charge in [-0.25, -0.2) is 0 Å². The summed E-state index contributed by atoms with van der Waals surface area (Å²) >= 11 is 0. The molecule has 2 aliphatic rings. The lowest BCUT2D eigenvalue weighted by Gasteiger charge is -2.40. The van der Waals surface area contributed by atoms with Crippen LogP contribution in [0.3, 0.4) is 0 Å². The Hall–Kier alpha value is -0.610. The lowest BCUT2D eigenvalue weighted by molar-refractivity contribution is -0.139. The molecule has 86 valence electrons. The van der Waals surface area contributed by atoms with Crippen molar-refractivity contribution in [2.75, 3.05) is 39.3 Å². The van der Waals surface area contributed by atoms with Crippen LogP contribution in [-0.2, 0) is 4.79 Å². The highest BCUT2D eigenvalue weighted by Gasteiger charge is 2.29. The second-order valence-electron chi connectivity index (χ2n) is 4.44. The first kappa shape index (κ1) is 10.9. The maximum Gasteiger partial charge on any atom is 0.237 e. The van der Waals surface area contributed by atoms with Crippen molar-refractivity contribution in [3.05, 3.63) is 0 Å². The Kier molecular flexibility index (Phi) is 3.59. The SMILES string of the molecule is CCN1CCN(C2CCNCC2)C(=O)C1. The van der Waals surface area contributed by atoms with Gasteiger partial charge in [0.1, 0.15) is 0 Å². The number of nitrogens with zero attached hydrogens (tertiary/aromatic N) is 2. The number of piperidine rings is 1. The van der Waals surface area contributed by atoms with Gasteiger partial charge in [-0.15, -0.1) is 0 Å². The van der Waals surface area contributed by atoms with E-state index in [-0.39, 0.29) is 0 Å². The normalized spacial score (nSPS) is 25.9. The van der Waals surface area contributed by atoms with Gasteiger partial charge in [0.2, 0.25) is 5.91 Å². The number of rotatable bonds is 2. The van der Waals surface area contributed by atoms with Gasteiger partial charge in [-0.05, 0) is 32.5 Å². The molecule has 0 saturated carbocycles. The Morgan fingerprint density at radius 2 is 2.07 bits per heavy atom. The van der Waals surface area contributed by atoms with Gasteiger partial charge in [-0.2, -0.15) is 0 Å². The van der Waals surface area contributed by atoms with Crippen LogP contribution < -0.4 is 5.32 Å². The minimum Gasteiger partial charge on any atom is -0.337 e. The molecular weight excluding hydrogens is 190 g/mol. The van der Waals surface area contributed by atoms with E-state index >= 15 is 0 Å². The van der Waals surface area contributed by atoms with Crippen LogP contribution in [0.2, 0.25) is 0 Å². The molecular formula is C11H21N3O. The van der Waals surface area contributed by atoms with Crippen molar-refractivity contribution in [3.8, 4) is 0 Å². The largest absolute Gasteiger partial charge is 0.337 e. The molecule has 2 saturated heterocycles. The molecule has 0 aliphatic carbocycles. The van der Waals surface area contributed by atoms with E-state index < -0.39 is 0 Å². The van der Waals surface area contributed by atoms with E-state index in [2.05, 4.69) is 22.0 Å². The van der Waals surface area contributed by atoms with Crippen LogP contribution in [0.1, 0.15) is 19.8 Å². The number of piperazine rings is 1. The number of amides is 1. The molecule has 0 aromatic carbocycles. The third-order valence-electron chi connectivity index (χ3n) is 3.53. The molecule has 0 bridgehead atoms. The van der Waals surface area contributed by atoms with Gasteiger partial charge in [0.25, 0.3) is 0 Å². The Labute approximate surface area is 91.6 Å². The van der Waals surface area contributed by atoms with Gasteiger partial charge in [-0.1, -0.05) is 6.92 Å². The number of likely N-dealkylation sites (N-methyl/N-ethyl adjacent to an activating group) is 1. The van der Waals surface area contributed by atoms with Crippen molar-refractivity contribution < 1.29 is 4.79 Å². The fraction of sp³-hybridized carbons (Fsp3) is 0.909. The van der Waals surface area contributed by atoms with Crippen LogP contribution in [0, 0.1) is 0 Å². The van der Waals surface area contributed by atoms with E-state index in [1.807, 2.05) is 0 Å². The first-order valence-electron chi connectivity index (χ1n) is 6.04. The number of hydrogen-bond acceptors (Lipinski definition) is 3. The summed E-state index contributed by atoms with van der Waals surface area (Å²) in [7, 11) is 0. The molecule has 1 N–H and O–H groups in total. The van der Waals surface area contributed by atoms with Crippen molar-refractivity contribution in [2.24, 2.45) is 0 Å². The number of carbonyl (C=O) groups excluding carboxylic acids is 1. The topological polar surface area (TPSA) is 35.6 Å². The maximum atomic E-state index is 11.9. The van der Waals surface area contributed by atoms with Crippen molar-refractivity contribution >= 4 is 5.91 Å². The Morgan fingerprint density at radius 1 is 1.33 bits per heavy atom.